The molecule has 0 spiro atoms. The smallest absolute Gasteiger partial charge is 0.0605 e. The van der Waals surface area contributed by atoms with Crippen LogP contribution >= 0.6 is 0 Å². The molecule has 0 aromatic carbocycles. The molecular formula is C15H28O. The highest BCUT2D eigenvalue weighted by Crippen LogP contribution is 2.34. The van der Waals surface area contributed by atoms with E-state index in [-0.39, 0.29) is 6.10 Å². The van der Waals surface area contributed by atoms with E-state index >= 15 is 0 Å². The van der Waals surface area contributed by atoms with Gasteiger partial charge in [-0.15, -0.1) is 0 Å². The zero-order chi connectivity index (χ0) is 12.0. The van der Waals surface area contributed by atoms with Gasteiger partial charge in [0, 0.05) is 0 Å². The van der Waals surface area contributed by atoms with Crippen molar-refractivity contribution in [3.8, 4) is 0 Å². The van der Waals surface area contributed by atoms with Gasteiger partial charge in [-0.1, -0.05) is 51.7 Å². The fourth-order valence-electron chi connectivity index (χ4n) is 2.88. The lowest BCUT2D eigenvalue weighted by molar-refractivity contribution is 0.0724. The van der Waals surface area contributed by atoms with Crippen molar-refractivity contribution in [3.63, 3.8) is 0 Å². The second kappa shape index (κ2) is 7.11. The molecule has 1 fully saturated rings. The molecule has 1 N–H and O–H groups in total. The van der Waals surface area contributed by atoms with Gasteiger partial charge in [-0.25, -0.2) is 0 Å². The topological polar surface area (TPSA) is 20.2 Å². The Balaban J connectivity index is 2.27. The maximum absolute atomic E-state index is 10.1. The highest BCUT2D eigenvalue weighted by atomic mass is 16.3. The summed E-state index contributed by atoms with van der Waals surface area (Å²) in [4.78, 5) is 0. The number of rotatable bonds is 6. The average molecular weight is 224 g/mol. The summed E-state index contributed by atoms with van der Waals surface area (Å²) in [6, 6.07) is 0. The number of aliphatic hydroxyl groups is 1. The van der Waals surface area contributed by atoms with Gasteiger partial charge in [0.05, 0.1) is 6.10 Å². The van der Waals surface area contributed by atoms with E-state index < -0.39 is 0 Å². The summed E-state index contributed by atoms with van der Waals surface area (Å²) in [5.41, 5.74) is 1.20. The monoisotopic (exact) mass is 224 g/mol. The van der Waals surface area contributed by atoms with Gasteiger partial charge in [0.25, 0.3) is 0 Å². The standard InChI is InChI=1S/C15H28O/c1-4-6-13-7-9-14(10-8-13)15(16)11-12(3)5-2/h13-16H,3-11H2,1-2H3. The zero-order valence-corrected chi connectivity index (χ0v) is 11.0. The first-order valence-corrected chi connectivity index (χ1v) is 7.02. The lowest BCUT2D eigenvalue weighted by atomic mass is 9.77. The van der Waals surface area contributed by atoms with Crippen LogP contribution in [0.1, 0.15) is 65.2 Å². The molecule has 16 heavy (non-hydrogen) atoms. The first-order chi connectivity index (χ1) is 7.67. The van der Waals surface area contributed by atoms with Gasteiger partial charge in [-0.05, 0) is 37.5 Å². The molecule has 1 atom stereocenters. The minimum absolute atomic E-state index is 0.130. The van der Waals surface area contributed by atoms with Crippen LogP contribution in [-0.4, -0.2) is 11.2 Å². The molecule has 0 amide bonds. The van der Waals surface area contributed by atoms with Crippen LogP contribution in [0.5, 0.6) is 0 Å². The maximum atomic E-state index is 10.1. The van der Waals surface area contributed by atoms with Gasteiger partial charge in [-0.2, -0.15) is 0 Å². The Morgan fingerprint density at radius 2 is 1.88 bits per heavy atom. The Labute approximate surface area is 101 Å². The summed E-state index contributed by atoms with van der Waals surface area (Å²) in [5, 5.41) is 10.1. The maximum Gasteiger partial charge on any atom is 0.0605 e. The average Bonchev–Trinajstić information content (AvgIpc) is 2.30. The van der Waals surface area contributed by atoms with E-state index in [0.717, 1.165) is 18.8 Å². The molecule has 0 aromatic heterocycles. The Morgan fingerprint density at radius 3 is 2.38 bits per heavy atom. The second-order valence-corrected chi connectivity index (χ2v) is 5.44. The first-order valence-electron chi connectivity index (χ1n) is 7.02. The van der Waals surface area contributed by atoms with E-state index in [1.165, 1.54) is 44.1 Å². The van der Waals surface area contributed by atoms with Crippen molar-refractivity contribution in [3.05, 3.63) is 12.2 Å². The molecule has 0 aromatic rings. The highest BCUT2D eigenvalue weighted by molar-refractivity contribution is 4.96. The third-order valence-corrected chi connectivity index (χ3v) is 4.13. The molecule has 0 saturated heterocycles. The van der Waals surface area contributed by atoms with E-state index in [4.69, 9.17) is 0 Å². The fourth-order valence-corrected chi connectivity index (χ4v) is 2.88. The van der Waals surface area contributed by atoms with Crippen LogP contribution in [0.3, 0.4) is 0 Å². The van der Waals surface area contributed by atoms with E-state index in [9.17, 15) is 5.11 Å². The van der Waals surface area contributed by atoms with Crippen LogP contribution in [0.2, 0.25) is 0 Å². The molecule has 1 aliphatic carbocycles. The van der Waals surface area contributed by atoms with Gasteiger partial charge in [0.2, 0.25) is 0 Å². The van der Waals surface area contributed by atoms with E-state index in [1.807, 2.05) is 0 Å². The van der Waals surface area contributed by atoms with Crippen LogP contribution in [0, 0.1) is 11.8 Å². The number of hydrogen-bond donors (Lipinski definition) is 1. The van der Waals surface area contributed by atoms with Gasteiger partial charge >= 0.3 is 0 Å². The largest absolute Gasteiger partial charge is 0.393 e. The van der Waals surface area contributed by atoms with Crippen LogP contribution in [0.15, 0.2) is 12.2 Å². The summed E-state index contributed by atoms with van der Waals surface area (Å²) in [6.45, 7) is 8.38. The molecule has 1 saturated carbocycles. The van der Waals surface area contributed by atoms with Crippen molar-refractivity contribution in [2.24, 2.45) is 11.8 Å². The Bertz CT molecular complexity index is 201. The molecule has 0 heterocycles. The van der Waals surface area contributed by atoms with Crippen molar-refractivity contribution in [2.75, 3.05) is 0 Å². The van der Waals surface area contributed by atoms with E-state index in [2.05, 4.69) is 20.4 Å². The highest BCUT2D eigenvalue weighted by Gasteiger charge is 2.25. The van der Waals surface area contributed by atoms with Crippen LogP contribution in [0.4, 0.5) is 0 Å². The predicted octanol–water partition coefficient (Wildman–Crippen LogP) is 4.31. The molecular weight excluding hydrogens is 196 g/mol. The minimum atomic E-state index is -0.130. The van der Waals surface area contributed by atoms with E-state index in [0.29, 0.717) is 5.92 Å². The Hall–Kier alpha value is -0.300. The molecule has 1 aliphatic rings. The lowest BCUT2D eigenvalue weighted by Gasteiger charge is -2.31. The molecule has 0 aliphatic heterocycles. The number of aliphatic hydroxyl groups excluding tert-OH is 1. The van der Waals surface area contributed by atoms with Crippen molar-refractivity contribution < 1.29 is 5.11 Å². The quantitative estimate of drug-likeness (QED) is 0.667. The normalized spacial score (nSPS) is 27.7. The summed E-state index contributed by atoms with van der Waals surface area (Å²) in [6.07, 6.45) is 9.49. The Kier molecular flexibility index (Phi) is 6.12. The third-order valence-electron chi connectivity index (χ3n) is 4.13. The first kappa shape index (κ1) is 13.8. The summed E-state index contributed by atoms with van der Waals surface area (Å²) >= 11 is 0. The molecule has 1 nitrogen and oxygen atoms in total. The van der Waals surface area contributed by atoms with Crippen LogP contribution < -0.4 is 0 Å². The van der Waals surface area contributed by atoms with E-state index in [1.54, 1.807) is 0 Å². The Morgan fingerprint density at radius 1 is 1.25 bits per heavy atom. The van der Waals surface area contributed by atoms with Gasteiger partial charge < -0.3 is 5.11 Å². The molecule has 1 unspecified atom stereocenters. The molecule has 0 bridgehead atoms. The van der Waals surface area contributed by atoms with Crippen molar-refractivity contribution in [2.45, 2.75) is 71.3 Å². The minimum Gasteiger partial charge on any atom is -0.393 e. The third kappa shape index (κ3) is 4.29. The van der Waals surface area contributed by atoms with Crippen molar-refractivity contribution in [1.29, 1.82) is 0 Å². The summed E-state index contributed by atoms with van der Waals surface area (Å²) in [7, 11) is 0. The van der Waals surface area contributed by atoms with Crippen molar-refractivity contribution >= 4 is 0 Å². The lowest BCUT2D eigenvalue weighted by Crippen LogP contribution is -2.26. The number of hydrogen-bond acceptors (Lipinski definition) is 1. The predicted molar refractivity (Wildman–Crippen MR) is 70.4 cm³/mol. The molecule has 0 radical (unpaired) electrons. The van der Waals surface area contributed by atoms with Crippen molar-refractivity contribution in [1.82, 2.24) is 0 Å². The molecule has 94 valence electrons. The van der Waals surface area contributed by atoms with Crippen LogP contribution in [0.25, 0.3) is 0 Å². The van der Waals surface area contributed by atoms with Gasteiger partial charge in [0.1, 0.15) is 0 Å². The zero-order valence-electron chi connectivity index (χ0n) is 11.0. The second-order valence-electron chi connectivity index (χ2n) is 5.44. The van der Waals surface area contributed by atoms with Crippen LogP contribution in [-0.2, 0) is 0 Å². The summed E-state index contributed by atoms with van der Waals surface area (Å²) < 4.78 is 0. The molecule has 1 heteroatoms. The van der Waals surface area contributed by atoms with Gasteiger partial charge in [0.15, 0.2) is 0 Å². The summed E-state index contributed by atoms with van der Waals surface area (Å²) in [5.74, 6) is 1.47. The molecule has 1 rings (SSSR count). The fraction of sp³-hybridized carbons (Fsp3) is 0.867. The van der Waals surface area contributed by atoms with Gasteiger partial charge in [-0.3, -0.25) is 0 Å². The SMILES string of the molecule is C=C(CC)CC(O)C1CCC(CCC)CC1.